The Labute approximate surface area is 79.5 Å². The molecule has 1 aromatic carbocycles. The Hall–Kier alpha value is -0.670. The zero-order chi connectivity index (χ0) is 9.59. The van der Waals surface area contributed by atoms with Gasteiger partial charge < -0.3 is 5.73 Å². The number of hydrogen-bond donors (Lipinski definition) is 1. The summed E-state index contributed by atoms with van der Waals surface area (Å²) < 4.78 is 26.4. The largest absolute Gasteiger partial charge is 0.327 e. The molecule has 13 heavy (non-hydrogen) atoms. The molecular formula is C9H8ClF2N. The average Bonchev–Trinajstić information content (AvgIpc) is 2.76. The standard InChI is InChI=1S/C9H8ClF2N/c10-5-1-2-6(11)8(9(5)12)4-3-7(4)13/h1-2,4,7H,3,13H2. The summed E-state index contributed by atoms with van der Waals surface area (Å²) in [5.74, 6) is -1.42. The number of hydrogen-bond acceptors (Lipinski definition) is 1. The van der Waals surface area contributed by atoms with Gasteiger partial charge in [-0.3, -0.25) is 0 Å². The van der Waals surface area contributed by atoms with Crippen LogP contribution in [-0.4, -0.2) is 6.04 Å². The van der Waals surface area contributed by atoms with Gasteiger partial charge in [-0.2, -0.15) is 0 Å². The Morgan fingerprint density at radius 1 is 1.38 bits per heavy atom. The molecule has 0 saturated heterocycles. The van der Waals surface area contributed by atoms with E-state index >= 15 is 0 Å². The van der Waals surface area contributed by atoms with Crippen molar-refractivity contribution < 1.29 is 8.78 Å². The second-order valence-electron chi connectivity index (χ2n) is 3.26. The van der Waals surface area contributed by atoms with Crippen LogP contribution in [0.5, 0.6) is 0 Å². The predicted octanol–water partition coefficient (Wildman–Crippen LogP) is 2.43. The molecule has 1 saturated carbocycles. The maximum atomic E-state index is 13.3. The van der Waals surface area contributed by atoms with Crippen LogP contribution in [0.15, 0.2) is 12.1 Å². The highest BCUT2D eigenvalue weighted by Crippen LogP contribution is 2.42. The van der Waals surface area contributed by atoms with Gasteiger partial charge in [-0.25, -0.2) is 8.78 Å². The lowest BCUT2D eigenvalue weighted by Crippen LogP contribution is -2.04. The van der Waals surface area contributed by atoms with E-state index < -0.39 is 11.6 Å². The lowest BCUT2D eigenvalue weighted by Gasteiger charge is -2.04. The highest BCUT2D eigenvalue weighted by molar-refractivity contribution is 6.30. The molecule has 0 aromatic heterocycles. The molecule has 2 unspecified atom stereocenters. The van der Waals surface area contributed by atoms with Crippen LogP contribution in [0.2, 0.25) is 5.02 Å². The fourth-order valence-electron chi connectivity index (χ4n) is 1.43. The van der Waals surface area contributed by atoms with Crippen molar-refractivity contribution in [2.75, 3.05) is 0 Å². The first kappa shape index (κ1) is 8.91. The second kappa shape index (κ2) is 2.93. The Kier molecular flexibility index (Phi) is 2.00. The van der Waals surface area contributed by atoms with Crippen molar-refractivity contribution in [3.63, 3.8) is 0 Å². The molecule has 2 N–H and O–H groups in total. The molecule has 1 aromatic rings. The minimum atomic E-state index is -0.667. The summed E-state index contributed by atoms with van der Waals surface area (Å²) in [4.78, 5) is 0. The number of rotatable bonds is 1. The molecule has 4 heteroatoms. The first-order valence-electron chi connectivity index (χ1n) is 4.00. The fraction of sp³-hybridized carbons (Fsp3) is 0.333. The average molecular weight is 204 g/mol. The first-order chi connectivity index (χ1) is 6.11. The molecular weight excluding hydrogens is 196 g/mol. The molecule has 0 radical (unpaired) electrons. The van der Waals surface area contributed by atoms with Crippen molar-refractivity contribution in [2.24, 2.45) is 5.73 Å². The van der Waals surface area contributed by atoms with E-state index in [1.165, 1.54) is 12.1 Å². The lowest BCUT2D eigenvalue weighted by molar-refractivity contribution is 0.555. The molecule has 2 rings (SSSR count). The molecule has 0 bridgehead atoms. The highest BCUT2D eigenvalue weighted by atomic mass is 35.5. The fourth-order valence-corrected chi connectivity index (χ4v) is 1.59. The lowest BCUT2D eigenvalue weighted by atomic mass is 10.1. The van der Waals surface area contributed by atoms with Crippen LogP contribution >= 0.6 is 11.6 Å². The molecule has 1 aliphatic rings. The molecule has 0 aliphatic heterocycles. The number of benzene rings is 1. The van der Waals surface area contributed by atoms with Crippen molar-refractivity contribution in [2.45, 2.75) is 18.4 Å². The smallest absolute Gasteiger partial charge is 0.148 e. The Morgan fingerprint density at radius 2 is 2.00 bits per heavy atom. The third-order valence-corrected chi connectivity index (χ3v) is 2.58. The van der Waals surface area contributed by atoms with E-state index in [1.807, 2.05) is 0 Å². The van der Waals surface area contributed by atoms with Gasteiger partial charge in [-0.05, 0) is 18.6 Å². The Bertz CT molecular complexity index is 354. The van der Waals surface area contributed by atoms with Crippen LogP contribution in [0.25, 0.3) is 0 Å². The molecule has 0 heterocycles. The Morgan fingerprint density at radius 3 is 2.54 bits per heavy atom. The maximum absolute atomic E-state index is 13.3. The van der Waals surface area contributed by atoms with E-state index in [2.05, 4.69) is 0 Å². The molecule has 2 atom stereocenters. The van der Waals surface area contributed by atoms with Gasteiger partial charge in [-0.1, -0.05) is 11.6 Å². The van der Waals surface area contributed by atoms with E-state index in [9.17, 15) is 8.78 Å². The van der Waals surface area contributed by atoms with Gasteiger partial charge in [-0.15, -0.1) is 0 Å². The van der Waals surface area contributed by atoms with Crippen molar-refractivity contribution in [3.8, 4) is 0 Å². The van der Waals surface area contributed by atoms with Crippen molar-refractivity contribution in [3.05, 3.63) is 34.4 Å². The van der Waals surface area contributed by atoms with Gasteiger partial charge in [0.1, 0.15) is 11.6 Å². The molecule has 1 fully saturated rings. The van der Waals surface area contributed by atoms with Crippen LogP contribution in [0.1, 0.15) is 17.9 Å². The minimum Gasteiger partial charge on any atom is -0.327 e. The second-order valence-corrected chi connectivity index (χ2v) is 3.67. The number of halogens is 3. The molecule has 1 nitrogen and oxygen atoms in total. The van der Waals surface area contributed by atoms with E-state index in [-0.39, 0.29) is 22.5 Å². The summed E-state index contributed by atoms with van der Waals surface area (Å²) in [5.41, 5.74) is 5.55. The summed E-state index contributed by atoms with van der Waals surface area (Å²) in [5, 5.41) is -0.0458. The van der Waals surface area contributed by atoms with E-state index in [0.29, 0.717) is 6.42 Å². The third-order valence-electron chi connectivity index (χ3n) is 2.29. The van der Waals surface area contributed by atoms with Gasteiger partial charge in [0, 0.05) is 17.5 Å². The summed E-state index contributed by atoms with van der Waals surface area (Å²) in [6.07, 6.45) is 0.633. The zero-order valence-electron chi connectivity index (χ0n) is 6.73. The maximum Gasteiger partial charge on any atom is 0.148 e. The van der Waals surface area contributed by atoms with Crippen LogP contribution in [0.3, 0.4) is 0 Å². The normalized spacial score (nSPS) is 26.2. The van der Waals surface area contributed by atoms with Gasteiger partial charge in [0.2, 0.25) is 0 Å². The van der Waals surface area contributed by atoms with Crippen LogP contribution in [0.4, 0.5) is 8.78 Å². The highest BCUT2D eigenvalue weighted by Gasteiger charge is 2.39. The molecule has 0 spiro atoms. The van der Waals surface area contributed by atoms with Crippen LogP contribution in [-0.2, 0) is 0 Å². The van der Waals surface area contributed by atoms with Gasteiger partial charge >= 0.3 is 0 Å². The monoisotopic (exact) mass is 203 g/mol. The minimum absolute atomic E-state index is 0.0417. The zero-order valence-corrected chi connectivity index (χ0v) is 7.48. The number of nitrogens with two attached hydrogens (primary N) is 1. The topological polar surface area (TPSA) is 26.0 Å². The first-order valence-corrected chi connectivity index (χ1v) is 4.38. The molecule has 0 amide bonds. The summed E-state index contributed by atoms with van der Waals surface area (Å²) >= 11 is 5.52. The Balaban J connectivity index is 2.48. The third kappa shape index (κ3) is 1.42. The van der Waals surface area contributed by atoms with Crippen molar-refractivity contribution >= 4 is 11.6 Å². The van der Waals surface area contributed by atoms with E-state index in [1.54, 1.807) is 0 Å². The van der Waals surface area contributed by atoms with Gasteiger partial charge in [0.15, 0.2) is 0 Å². The van der Waals surface area contributed by atoms with E-state index in [4.69, 9.17) is 17.3 Å². The molecule has 70 valence electrons. The van der Waals surface area contributed by atoms with Crippen molar-refractivity contribution in [1.29, 1.82) is 0 Å². The van der Waals surface area contributed by atoms with Crippen LogP contribution < -0.4 is 5.73 Å². The van der Waals surface area contributed by atoms with Crippen molar-refractivity contribution in [1.82, 2.24) is 0 Å². The predicted molar refractivity (Wildman–Crippen MR) is 46.7 cm³/mol. The quantitative estimate of drug-likeness (QED) is 0.697. The summed E-state index contributed by atoms with van der Waals surface area (Å²) in [6, 6.07) is 2.26. The van der Waals surface area contributed by atoms with E-state index in [0.717, 1.165) is 0 Å². The van der Waals surface area contributed by atoms with Gasteiger partial charge in [0.25, 0.3) is 0 Å². The van der Waals surface area contributed by atoms with Crippen LogP contribution in [0, 0.1) is 11.6 Å². The summed E-state index contributed by atoms with van der Waals surface area (Å²) in [7, 11) is 0. The summed E-state index contributed by atoms with van der Waals surface area (Å²) in [6.45, 7) is 0. The van der Waals surface area contributed by atoms with Gasteiger partial charge in [0.05, 0.1) is 5.02 Å². The SMILES string of the molecule is NC1CC1c1c(F)ccc(Cl)c1F. The molecule has 1 aliphatic carbocycles.